The number of aryl methyl sites for hydroxylation is 1. The third kappa shape index (κ3) is 6.75. The van der Waals surface area contributed by atoms with Crippen molar-refractivity contribution >= 4 is 35.0 Å². The van der Waals surface area contributed by atoms with Gasteiger partial charge in [-0.3, -0.25) is 0 Å². The van der Waals surface area contributed by atoms with Gasteiger partial charge in [0.2, 0.25) is 0 Å². The van der Waals surface area contributed by atoms with Crippen LogP contribution >= 0.6 is 23.4 Å². The fourth-order valence-corrected chi connectivity index (χ4v) is 8.91. The lowest BCUT2D eigenvalue weighted by molar-refractivity contribution is -0.126. The summed E-state index contributed by atoms with van der Waals surface area (Å²) in [4.78, 5) is 23.1. The molecule has 8 nitrogen and oxygen atoms in total. The maximum absolute atomic E-state index is 12.0. The average molecular weight is 664 g/mol. The van der Waals surface area contributed by atoms with Crippen LogP contribution in [0.2, 0.25) is 5.02 Å². The highest BCUT2D eigenvalue weighted by atomic mass is 35.5. The van der Waals surface area contributed by atoms with Crippen molar-refractivity contribution < 1.29 is 24.1 Å². The van der Waals surface area contributed by atoms with Crippen LogP contribution in [0.5, 0.6) is 5.75 Å². The fourth-order valence-electron chi connectivity index (χ4n) is 7.98. The molecule has 2 fully saturated rings. The number of benzene rings is 2. The van der Waals surface area contributed by atoms with Crippen LogP contribution in [0.3, 0.4) is 0 Å². The summed E-state index contributed by atoms with van der Waals surface area (Å²) in [5.41, 5.74) is 3.57. The monoisotopic (exact) mass is 663 g/mol. The standard InChI is InChI=1S/C36H42ClN3O5S/c1-23(20-46-35-38-13-3-14-39-35)45-28-11-15-43-33(18-28)29-8-5-26(29)19-40-21-36(12-2-4-24-16-27(37)7-9-30(24)36)22-44-32-10-6-25(34(41)42)17-31(32)40/h3,6-7,9-10,13-14,16-17,23,26,28-29,33H,2,4-5,8,11-12,15,18-22H2,1H3,(H,41,42)/t23?,26-,28+,29+,33+,36?/m0/s1. The number of aromatic nitrogens is 2. The Morgan fingerprint density at radius 3 is 2.87 bits per heavy atom. The Morgan fingerprint density at radius 2 is 2.07 bits per heavy atom. The van der Waals surface area contributed by atoms with Crippen molar-refractivity contribution in [2.75, 3.05) is 37.0 Å². The molecule has 244 valence electrons. The molecule has 0 bridgehead atoms. The van der Waals surface area contributed by atoms with Crippen molar-refractivity contribution in [3.63, 3.8) is 0 Å². The lowest BCUT2D eigenvalue weighted by atomic mass is 9.67. The van der Waals surface area contributed by atoms with Gasteiger partial charge in [-0.2, -0.15) is 0 Å². The number of nitrogens with zero attached hydrogens (tertiary/aromatic N) is 3. The van der Waals surface area contributed by atoms with Crippen molar-refractivity contribution in [1.82, 2.24) is 9.97 Å². The van der Waals surface area contributed by atoms with Gasteiger partial charge >= 0.3 is 5.97 Å². The third-order valence-electron chi connectivity index (χ3n) is 10.4. The summed E-state index contributed by atoms with van der Waals surface area (Å²) in [6, 6.07) is 13.4. The second kappa shape index (κ2) is 13.7. The zero-order valence-corrected chi connectivity index (χ0v) is 27.8. The van der Waals surface area contributed by atoms with Crippen LogP contribution in [-0.4, -0.2) is 71.4 Å². The van der Waals surface area contributed by atoms with Crippen molar-refractivity contribution in [3.8, 4) is 5.75 Å². The van der Waals surface area contributed by atoms with Gasteiger partial charge in [-0.15, -0.1) is 0 Å². The molecule has 2 aromatic carbocycles. The van der Waals surface area contributed by atoms with E-state index in [0.29, 0.717) is 25.0 Å². The Morgan fingerprint density at radius 1 is 1.20 bits per heavy atom. The van der Waals surface area contributed by atoms with Crippen molar-refractivity contribution in [2.24, 2.45) is 11.8 Å². The van der Waals surface area contributed by atoms with Gasteiger partial charge < -0.3 is 24.2 Å². The lowest BCUT2D eigenvalue weighted by Crippen LogP contribution is -2.51. The van der Waals surface area contributed by atoms with E-state index in [0.717, 1.165) is 85.4 Å². The van der Waals surface area contributed by atoms with Gasteiger partial charge in [-0.05, 0) is 105 Å². The van der Waals surface area contributed by atoms with Gasteiger partial charge in [-0.1, -0.05) is 29.4 Å². The summed E-state index contributed by atoms with van der Waals surface area (Å²) in [5, 5.41) is 11.4. The first-order chi connectivity index (χ1) is 22.4. The van der Waals surface area contributed by atoms with Crippen LogP contribution in [0.15, 0.2) is 60.0 Å². The van der Waals surface area contributed by atoms with Gasteiger partial charge in [0.15, 0.2) is 5.16 Å². The van der Waals surface area contributed by atoms with Gasteiger partial charge in [-0.25, -0.2) is 14.8 Å². The minimum absolute atomic E-state index is 0.0937. The normalized spacial score (nSPS) is 27.9. The van der Waals surface area contributed by atoms with Gasteiger partial charge in [0.1, 0.15) is 5.75 Å². The number of fused-ring (bicyclic) bond motifs is 3. The molecule has 2 unspecified atom stereocenters. The van der Waals surface area contributed by atoms with Crippen LogP contribution in [-0.2, 0) is 21.3 Å². The number of hydrogen-bond acceptors (Lipinski definition) is 8. The average Bonchev–Trinajstić information content (AvgIpc) is 3.19. The van der Waals surface area contributed by atoms with E-state index in [2.05, 4.69) is 33.9 Å². The molecule has 7 rings (SSSR count). The molecule has 46 heavy (non-hydrogen) atoms. The van der Waals surface area contributed by atoms with Crippen molar-refractivity contribution in [2.45, 2.75) is 80.8 Å². The quantitative estimate of drug-likeness (QED) is 0.191. The number of anilines is 1. The van der Waals surface area contributed by atoms with E-state index in [1.54, 1.807) is 36.3 Å². The molecule has 2 aliphatic carbocycles. The third-order valence-corrected chi connectivity index (χ3v) is 11.7. The minimum Gasteiger partial charge on any atom is -0.490 e. The Balaban J connectivity index is 1.07. The van der Waals surface area contributed by atoms with Crippen LogP contribution < -0.4 is 9.64 Å². The van der Waals surface area contributed by atoms with Crippen LogP contribution in [0.1, 0.15) is 66.9 Å². The molecule has 3 heterocycles. The van der Waals surface area contributed by atoms with Gasteiger partial charge in [0, 0.05) is 54.7 Å². The molecule has 3 aromatic rings. The predicted octanol–water partition coefficient (Wildman–Crippen LogP) is 7.07. The Hall–Kier alpha value is -2.85. The fraction of sp³-hybridized carbons (Fsp3) is 0.528. The van der Waals surface area contributed by atoms with Crippen LogP contribution in [0.25, 0.3) is 0 Å². The van der Waals surface area contributed by atoms with E-state index in [4.69, 9.17) is 25.8 Å². The summed E-state index contributed by atoms with van der Waals surface area (Å²) >= 11 is 8.05. The molecule has 1 saturated carbocycles. The van der Waals surface area contributed by atoms with E-state index in [9.17, 15) is 9.90 Å². The Labute approximate surface area is 280 Å². The summed E-state index contributed by atoms with van der Waals surface area (Å²) in [6.07, 6.45) is 11.1. The Bertz CT molecular complexity index is 1550. The second-order valence-corrected chi connectivity index (χ2v) is 14.9. The van der Waals surface area contributed by atoms with Crippen molar-refractivity contribution in [3.05, 3.63) is 76.6 Å². The van der Waals surface area contributed by atoms with Gasteiger partial charge in [0.25, 0.3) is 0 Å². The molecule has 6 atom stereocenters. The smallest absolute Gasteiger partial charge is 0.335 e. The molecule has 2 aliphatic heterocycles. The largest absolute Gasteiger partial charge is 0.490 e. The number of thioether (sulfide) groups is 1. The van der Waals surface area contributed by atoms with E-state index >= 15 is 0 Å². The summed E-state index contributed by atoms with van der Waals surface area (Å²) in [5.74, 6) is 1.53. The number of carboxylic acid groups (broad SMARTS) is 1. The summed E-state index contributed by atoms with van der Waals surface area (Å²) in [6.45, 7) is 5.01. The maximum Gasteiger partial charge on any atom is 0.335 e. The number of hydrogen-bond donors (Lipinski definition) is 1. The maximum atomic E-state index is 12.0. The number of aromatic carboxylic acids is 1. The molecule has 1 N–H and O–H groups in total. The highest BCUT2D eigenvalue weighted by Gasteiger charge is 2.45. The molecular weight excluding hydrogens is 622 g/mol. The molecular formula is C36H42ClN3O5S. The first kappa shape index (κ1) is 31.7. The number of rotatable bonds is 9. The lowest BCUT2D eigenvalue weighted by Gasteiger charge is -2.48. The molecule has 0 amide bonds. The van der Waals surface area contributed by atoms with Crippen molar-refractivity contribution in [1.29, 1.82) is 0 Å². The first-order valence-electron chi connectivity index (χ1n) is 16.6. The molecule has 1 saturated heterocycles. The van der Waals surface area contributed by atoms with Crippen LogP contribution in [0, 0.1) is 11.8 Å². The molecule has 1 spiro atoms. The highest BCUT2D eigenvalue weighted by Crippen LogP contribution is 2.47. The number of halogens is 1. The van der Waals surface area contributed by atoms with E-state index in [1.807, 2.05) is 18.2 Å². The zero-order valence-electron chi connectivity index (χ0n) is 26.3. The number of ether oxygens (including phenoxy) is 3. The summed E-state index contributed by atoms with van der Waals surface area (Å²) in [7, 11) is 0. The molecule has 1 aromatic heterocycles. The predicted molar refractivity (Wildman–Crippen MR) is 179 cm³/mol. The van der Waals surface area contributed by atoms with E-state index in [1.165, 1.54) is 11.1 Å². The summed E-state index contributed by atoms with van der Waals surface area (Å²) < 4.78 is 19.5. The SMILES string of the molecule is CC(CSc1ncccn1)O[C@@H]1CCO[C@@H]([C@@H]2CC[C@H]2CN2CC3(CCCc4cc(Cl)ccc43)COc3ccc(C(=O)O)cc32)C1. The molecule has 4 aliphatic rings. The van der Waals surface area contributed by atoms with Crippen LogP contribution in [0.4, 0.5) is 5.69 Å². The highest BCUT2D eigenvalue weighted by molar-refractivity contribution is 7.99. The minimum atomic E-state index is -0.925. The van der Waals surface area contributed by atoms with E-state index in [-0.39, 0.29) is 29.3 Å². The second-order valence-electron chi connectivity index (χ2n) is 13.4. The molecule has 10 heteroatoms. The first-order valence-corrected chi connectivity index (χ1v) is 17.9. The zero-order chi connectivity index (χ0) is 31.7. The number of carbonyl (C=O) groups is 1. The van der Waals surface area contributed by atoms with E-state index < -0.39 is 5.97 Å². The molecule has 0 radical (unpaired) electrons. The Kier molecular flexibility index (Phi) is 9.46. The van der Waals surface area contributed by atoms with Gasteiger partial charge in [0.05, 0.1) is 36.2 Å². The topological polar surface area (TPSA) is 94.0 Å². The number of carboxylic acids is 1.